The van der Waals surface area contributed by atoms with Crippen molar-refractivity contribution in [3.05, 3.63) is 50.6 Å². The lowest BCUT2D eigenvalue weighted by atomic mass is 10.1. The van der Waals surface area contributed by atoms with Crippen LogP contribution in [0.15, 0.2) is 34.6 Å². The summed E-state index contributed by atoms with van der Waals surface area (Å²) in [7, 11) is 3.03. The van der Waals surface area contributed by atoms with Gasteiger partial charge in [-0.3, -0.25) is 4.79 Å². The van der Waals surface area contributed by atoms with E-state index >= 15 is 0 Å². The molecule has 1 aliphatic carbocycles. The van der Waals surface area contributed by atoms with Crippen molar-refractivity contribution >= 4 is 28.2 Å². The zero-order valence-corrected chi connectivity index (χ0v) is 17.3. The maximum absolute atomic E-state index is 12.8. The Balaban J connectivity index is 1.70. The fourth-order valence-electron chi connectivity index (χ4n) is 3.72. The summed E-state index contributed by atoms with van der Waals surface area (Å²) in [5, 5.41) is 5.87. The quantitative estimate of drug-likeness (QED) is 0.686. The molecule has 29 heavy (non-hydrogen) atoms. The van der Waals surface area contributed by atoms with Gasteiger partial charge in [-0.15, -0.1) is 11.3 Å². The van der Waals surface area contributed by atoms with Crippen LogP contribution in [0.25, 0.3) is 10.8 Å². The second-order valence-corrected chi connectivity index (χ2v) is 7.76. The van der Waals surface area contributed by atoms with Crippen LogP contribution in [0.1, 0.15) is 29.8 Å². The number of nitrogens with zero attached hydrogens (tertiary/aromatic N) is 1. The first-order valence-electron chi connectivity index (χ1n) is 9.39. The van der Waals surface area contributed by atoms with Crippen molar-refractivity contribution in [3.63, 3.8) is 0 Å². The minimum atomic E-state index is -0.550. The number of carbonyl (C=O) groups excluding carboxylic acids is 1. The fourth-order valence-corrected chi connectivity index (χ4v) is 4.68. The Hall–Kier alpha value is -3.00. The Labute approximate surface area is 171 Å². The largest absolute Gasteiger partial charge is 0.493 e. The van der Waals surface area contributed by atoms with Gasteiger partial charge in [0.1, 0.15) is 0 Å². The second-order valence-electron chi connectivity index (χ2n) is 6.76. The van der Waals surface area contributed by atoms with Crippen LogP contribution in [0.2, 0.25) is 0 Å². The summed E-state index contributed by atoms with van der Waals surface area (Å²) >= 11 is 1.71. The van der Waals surface area contributed by atoms with E-state index in [1.165, 1.54) is 23.7 Å². The van der Waals surface area contributed by atoms with E-state index in [-0.39, 0.29) is 11.6 Å². The van der Waals surface area contributed by atoms with Crippen molar-refractivity contribution in [2.45, 2.75) is 32.4 Å². The van der Waals surface area contributed by atoms with Gasteiger partial charge in [-0.2, -0.15) is 0 Å². The highest BCUT2D eigenvalue weighted by molar-refractivity contribution is 7.10. The number of hydrogen-bond acceptors (Lipinski definition) is 6. The highest BCUT2D eigenvalue weighted by Gasteiger charge is 2.26. The molecule has 0 saturated heterocycles. The average Bonchev–Trinajstić information content (AvgIpc) is 3.34. The van der Waals surface area contributed by atoms with Gasteiger partial charge in [0, 0.05) is 16.8 Å². The molecule has 8 heteroatoms. The van der Waals surface area contributed by atoms with E-state index in [9.17, 15) is 9.59 Å². The van der Waals surface area contributed by atoms with Gasteiger partial charge in [0.05, 0.1) is 31.8 Å². The number of aryl methyl sites for hydroxylation is 2. The van der Waals surface area contributed by atoms with Gasteiger partial charge in [0.2, 0.25) is 0 Å². The zero-order chi connectivity index (χ0) is 20.5. The van der Waals surface area contributed by atoms with Crippen molar-refractivity contribution in [1.29, 1.82) is 0 Å². The number of hydrogen-bond donors (Lipinski definition) is 1. The molecule has 0 saturated carbocycles. The second kappa shape index (κ2) is 7.79. The van der Waals surface area contributed by atoms with Crippen LogP contribution in [0.5, 0.6) is 17.2 Å². The van der Waals surface area contributed by atoms with Crippen LogP contribution >= 0.6 is 11.3 Å². The number of fused-ring (bicyclic) bond motifs is 2. The van der Waals surface area contributed by atoms with E-state index in [0.29, 0.717) is 34.6 Å². The average molecular weight is 414 g/mol. The van der Waals surface area contributed by atoms with Crippen molar-refractivity contribution < 1.29 is 19.0 Å². The minimum Gasteiger partial charge on any atom is -0.493 e. The molecule has 4 rings (SSSR count). The van der Waals surface area contributed by atoms with E-state index in [1.807, 2.05) is 18.4 Å². The number of aromatic nitrogens is 1. The van der Waals surface area contributed by atoms with Crippen molar-refractivity contribution in [2.75, 3.05) is 14.2 Å². The van der Waals surface area contributed by atoms with Crippen LogP contribution in [0.4, 0.5) is 4.79 Å². The third kappa shape index (κ3) is 3.44. The number of carbonyl (C=O) groups is 1. The van der Waals surface area contributed by atoms with Crippen LogP contribution in [-0.2, 0) is 13.0 Å². The van der Waals surface area contributed by atoms with E-state index in [0.717, 1.165) is 18.4 Å². The molecule has 1 aliphatic rings. The lowest BCUT2D eigenvalue weighted by Crippen LogP contribution is -2.30. The number of benzene rings is 1. The topological polar surface area (TPSA) is 78.8 Å². The molecule has 0 bridgehead atoms. The third-order valence-electron chi connectivity index (χ3n) is 5.20. The molecule has 1 atom stereocenters. The Morgan fingerprint density at radius 1 is 1.21 bits per heavy atom. The molecule has 152 valence electrons. The molecular weight excluding hydrogens is 392 g/mol. The van der Waals surface area contributed by atoms with E-state index in [4.69, 9.17) is 14.2 Å². The van der Waals surface area contributed by atoms with Gasteiger partial charge in [-0.25, -0.2) is 4.79 Å². The molecule has 3 aromatic rings. The molecule has 2 heterocycles. The van der Waals surface area contributed by atoms with Crippen molar-refractivity contribution in [1.82, 2.24) is 9.88 Å². The van der Waals surface area contributed by atoms with Gasteiger partial charge >= 0.3 is 6.09 Å². The van der Waals surface area contributed by atoms with E-state index in [1.54, 1.807) is 29.7 Å². The molecule has 1 amide bonds. The first-order valence-corrected chi connectivity index (χ1v) is 10.3. The summed E-state index contributed by atoms with van der Waals surface area (Å²) in [5.74, 6) is 1.19. The van der Waals surface area contributed by atoms with Gasteiger partial charge in [0.15, 0.2) is 17.2 Å². The molecule has 1 N–H and O–H groups in total. The smallest absolute Gasteiger partial charge is 0.413 e. The van der Waals surface area contributed by atoms with Gasteiger partial charge in [0.25, 0.3) is 5.56 Å². The molecule has 0 spiro atoms. The number of ether oxygens (including phenoxy) is 3. The standard InChI is InChI=1S/C21H22N2O5S/c1-4-23-11-18(13-9-16(26-2)17(27-3)10-14(13)20(23)24)28-21(25)22-15-5-6-19-12(15)7-8-29-19/h7-11,15H,4-6H2,1-3H3,(H,22,25). The Morgan fingerprint density at radius 3 is 2.62 bits per heavy atom. The van der Waals surface area contributed by atoms with Crippen LogP contribution in [0.3, 0.4) is 0 Å². The van der Waals surface area contributed by atoms with Gasteiger partial charge < -0.3 is 24.1 Å². The molecule has 1 unspecified atom stereocenters. The normalized spacial score (nSPS) is 15.2. The molecule has 0 radical (unpaired) electrons. The molecule has 0 aliphatic heterocycles. The number of methoxy groups -OCH3 is 2. The minimum absolute atomic E-state index is 0.0540. The predicted molar refractivity (Wildman–Crippen MR) is 112 cm³/mol. The summed E-state index contributed by atoms with van der Waals surface area (Å²) in [6, 6.07) is 5.26. The molecule has 2 aromatic heterocycles. The van der Waals surface area contributed by atoms with E-state index in [2.05, 4.69) is 5.32 Å². The summed E-state index contributed by atoms with van der Waals surface area (Å²) in [5.41, 5.74) is 0.969. The van der Waals surface area contributed by atoms with Crippen LogP contribution < -0.4 is 25.1 Å². The number of thiophene rings is 1. The first kappa shape index (κ1) is 19.3. The Morgan fingerprint density at radius 2 is 1.93 bits per heavy atom. The van der Waals surface area contributed by atoms with Crippen LogP contribution in [-0.4, -0.2) is 24.9 Å². The molecule has 7 nitrogen and oxygen atoms in total. The highest BCUT2D eigenvalue weighted by atomic mass is 32.1. The van der Waals surface area contributed by atoms with Crippen molar-refractivity contribution in [2.24, 2.45) is 0 Å². The Kier molecular flexibility index (Phi) is 5.19. The maximum atomic E-state index is 12.8. The maximum Gasteiger partial charge on any atom is 0.413 e. The number of pyridine rings is 1. The zero-order valence-electron chi connectivity index (χ0n) is 16.5. The lowest BCUT2D eigenvalue weighted by Gasteiger charge is -2.16. The Bertz CT molecular complexity index is 1130. The lowest BCUT2D eigenvalue weighted by molar-refractivity contribution is 0.196. The highest BCUT2D eigenvalue weighted by Crippen LogP contribution is 2.36. The summed E-state index contributed by atoms with van der Waals surface area (Å²) in [4.78, 5) is 26.7. The van der Waals surface area contributed by atoms with E-state index < -0.39 is 6.09 Å². The SMILES string of the molecule is CCn1cc(OC(=O)NC2CCc3sccc32)c2cc(OC)c(OC)cc2c1=O. The number of amides is 1. The fraction of sp³-hybridized carbons (Fsp3) is 0.333. The summed E-state index contributed by atoms with van der Waals surface area (Å²) in [6.45, 7) is 2.30. The molecular formula is C21H22N2O5S. The monoisotopic (exact) mass is 414 g/mol. The molecule has 1 aromatic carbocycles. The third-order valence-corrected chi connectivity index (χ3v) is 6.20. The summed E-state index contributed by atoms with van der Waals surface area (Å²) < 4.78 is 17.8. The summed E-state index contributed by atoms with van der Waals surface area (Å²) in [6.07, 6.45) is 2.82. The molecule has 0 fully saturated rings. The predicted octanol–water partition coefficient (Wildman–Crippen LogP) is 3.88. The van der Waals surface area contributed by atoms with Gasteiger partial charge in [-0.1, -0.05) is 0 Å². The van der Waals surface area contributed by atoms with Crippen molar-refractivity contribution in [3.8, 4) is 17.2 Å². The number of nitrogens with one attached hydrogen (secondary N) is 1. The van der Waals surface area contributed by atoms with Crippen LogP contribution in [0, 0.1) is 0 Å². The first-order chi connectivity index (χ1) is 14.0. The number of rotatable bonds is 5. The van der Waals surface area contributed by atoms with Gasteiger partial charge in [-0.05, 0) is 48.9 Å².